The maximum atomic E-state index is 12.2. The Morgan fingerprint density at radius 1 is 1.41 bits per heavy atom. The quantitative estimate of drug-likeness (QED) is 0.816. The lowest BCUT2D eigenvalue weighted by atomic mass is 9.85. The Balaban J connectivity index is 2.91. The summed E-state index contributed by atoms with van der Waals surface area (Å²) in [5.41, 5.74) is 0.779. The summed E-state index contributed by atoms with van der Waals surface area (Å²) < 4.78 is 0. The first-order chi connectivity index (χ1) is 7.60. The zero-order valence-electron chi connectivity index (χ0n) is 12.1. The van der Waals surface area contributed by atoms with Crippen LogP contribution in [0.4, 0.5) is 0 Å². The number of carbonyl (C=O) groups excluding carboxylic acids is 1. The summed E-state index contributed by atoms with van der Waals surface area (Å²) in [5, 5.41) is 3.29. The summed E-state index contributed by atoms with van der Waals surface area (Å²) >= 11 is 0. The van der Waals surface area contributed by atoms with Crippen LogP contribution in [0.3, 0.4) is 0 Å². The van der Waals surface area contributed by atoms with Crippen LogP contribution in [0.15, 0.2) is 12.3 Å². The van der Waals surface area contributed by atoms with Gasteiger partial charge in [0.25, 0.3) is 0 Å². The van der Waals surface area contributed by atoms with Crippen LogP contribution in [-0.4, -0.2) is 28.9 Å². The molecule has 1 amide bonds. The van der Waals surface area contributed by atoms with E-state index in [4.69, 9.17) is 0 Å². The van der Waals surface area contributed by atoms with Gasteiger partial charge in [0.05, 0.1) is 0 Å². The monoisotopic (exact) mass is 238 g/mol. The Kier molecular flexibility index (Phi) is 3.72. The number of rotatable bonds is 4. The van der Waals surface area contributed by atoms with Crippen molar-refractivity contribution >= 4 is 5.91 Å². The Bertz CT molecular complexity index is 331. The van der Waals surface area contributed by atoms with Gasteiger partial charge in [-0.25, -0.2) is 0 Å². The third-order valence-electron chi connectivity index (χ3n) is 3.66. The Morgan fingerprint density at radius 3 is 2.29 bits per heavy atom. The molecule has 0 aromatic heterocycles. The Hall–Kier alpha value is -0.830. The van der Waals surface area contributed by atoms with E-state index in [2.05, 4.69) is 39.6 Å². The van der Waals surface area contributed by atoms with Gasteiger partial charge in [-0.05, 0) is 47.6 Å². The number of hydrogen-bond donors (Lipinski definition) is 1. The predicted octanol–water partition coefficient (Wildman–Crippen LogP) is 2.54. The molecule has 0 aliphatic carbocycles. The second-order valence-corrected chi connectivity index (χ2v) is 6.47. The van der Waals surface area contributed by atoms with Gasteiger partial charge in [0.2, 0.25) is 5.91 Å². The van der Waals surface area contributed by atoms with Crippen molar-refractivity contribution in [3.8, 4) is 0 Å². The zero-order chi connectivity index (χ0) is 13.4. The topological polar surface area (TPSA) is 32.3 Å². The summed E-state index contributed by atoms with van der Waals surface area (Å²) in [6.45, 7) is 14.6. The second kappa shape index (κ2) is 4.45. The number of likely N-dealkylation sites (tertiary alicyclic amines) is 1. The van der Waals surface area contributed by atoms with Crippen LogP contribution in [0.25, 0.3) is 0 Å². The molecule has 0 spiro atoms. The molecule has 0 saturated carbocycles. The van der Waals surface area contributed by atoms with E-state index in [9.17, 15) is 4.79 Å². The van der Waals surface area contributed by atoms with Gasteiger partial charge in [0, 0.05) is 22.7 Å². The fraction of sp³-hybridized carbons (Fsp3) is 0.786. The summed E-state index contributed by atoms with van der Waals surface area (Å²) in [7, 11) is 1.96. The van der Waals surface area contributed by atoms with Crippen LogP contribution >= 0.6 is 0 Å². The fourth-order valence-corrected chi connectivity index (χ4v) is 2.88. The van der Waals surface area contributed by atoms with Crippen molar-refractivity contribution in [2.24, 2.45) is 5.92 Å². The second-order valence-electron chi connectivity index (χ2n) is 6.47. The molecular weight excluding hydrogens is 212 g/mol. The molecule has 1 fully saturated rings. The first-order valence-corrected chi connectivity index (χ1v) is 6.31. The number of hydrogen-bond acceptors (Lipinski definition) is 2. The molecule has 1 rings (SSSR count). The third kappa shape index (κ3) is 2.89. The highest BCUT2D eigenvalue weighted by molar-refractivity contribution is 5.84. The fourth-order valence-electron chi connectivity index (χ4n) is 2.88. The molecule has 1 N–H and O–H groups in total. The largest absolute Gasteiger partial charge is 0.315 e. The minimum atomic E-state index is -0.189. The van der Waals surface area contributed by atoms with Crippen molar-refractivity contribution in [2.45, 2.75) is 58.5 Å². The molecule has 0 aromatic rings. The van der Waals surface area contributed by atoms with Gasteiger partial charge >= 0.3 is 0 Å². The summed E-state index contributed by atoms with van der Waals surface area (Å²) in [6.07, 6.45) is 1.69. The molecule has 1 unspecified atom stereocenters. The van der Waals surface area contributed by atoms with Crippen LogP contribution in [0, 0.1) is 5.92 Å². The Morgan fingerprint density at radius 2 is 1.94 bits per heavy atom. The van der Waals surface area contributed by atoms with Crippen molar-refractivity contribution in [3.63, 3.8) is 0 Å². The number of allylic oxidation sites excluding steroid dienone is 1. The van der Waals surface area contributed by atoms with E-state index in [1.54, 1.807) is 0 Å². The maximum absolute atomic E-state index is 12.2. The van der Waals surface area contributed by atoms with Crippen LogP contribution in [0.2, 0.25) is 0 Å². The van der Waals surface area contributed by atoms with Gasteiger partial charge < -0.3 is 10.2 Å². The van der Waals surface area contributed by atoms with Crippen molar-refractivity contribution in [1.29, 1.82) is 0 Å². The number of amides is 1. The van der Waals surface area contributed by atoms with Gasteiger partial charge in [0.1, 0.15) is 0 Å². The smallest absolute Gasteiger partial charge is 0.230 e. The van der Waals surface area contributed by atoms with E-state index in [0.717, 1.165) is 18.5 Å². The molecule has 1 aliphatic rings. The van der Waals surface area contributed by atoms with E-state index in [1.165, 1.54) is 0 Å². The van der Waals surface area contributed by atoms with Gasteiger partial charge in [-0.15, -0.1) is 0 Å². The highest BCUT2D eigenvalue weighted by Crippen LogP contribution is 2.36. The molecule has 98 valence electrons. The van der Waals surface area contributed by atoms with Crippen molar-refractivity contribution in [1.82, 2.24) is 10.2 Å². The van der Waals surface area contributed by atoms with E-state index < -0.39 is 0 Å². The first-order valence-electron chi connectivity index (χ1n) is 6.31. The standard InChI is InChI=1S/C14H26N2O/c1-10-8-11(2)16(12(10)17)14(5,6)9-13(3,4)15-7/h10,15H,2,8-9H2,1,3-7H3. The van der Waals surface area contributed by atoms with Gasteiger partial charge in [-0.1, -0.05) is 13.5 Å². The molecule has 1 aliphatic heterocycles. The van der Waals surface area contributed by atoms with Crippen LogP contribution in [0.5, 0.6) is 0 Å². The highest BCUT2D eigenvalue weighted by Gasteiger charge is 2.42. The van der Waals surface area contributed by atoms with Crippen LogP contribution in [0.1, 0.15) is 47.5 Å². The normalized spacial score (nSPS) is 22.5. The minimum absolute atomic E-state index is 0.00981. The molecule has 3 heteroatoms. The predicted molar refractivity (Wildman–Crippen MR) is 71.6 cm³/mol. The molecule has 1 saturated heterocycles. The molecule has 1 heterocycles. The SMILES string of the molecule is C=C1CC(C)C(=O)N1C(C)(C)CC(C)(C)NC. The van der Waals surface area contributed by atoms with Crippen molar-refractivity contribution in [2.75, 3.05) is 7.05 Å². The maximum Gasteiger partial charge on any atom is 0.230 e. The number of nitrogens with zero attached hydrogens (tertiary/aromatic N) is 1. The summed E-state index contributed by atoms with van der Waals surface area (Å²) in [6, 6.07) is 0. The summed E-state index contributed by atoms with van der Waals surface area (Å²) in [5.74, 6) is 0.298. The van der Waals surface area contributed by atoms with Gasteiger partial charge in [-0.2, -0.15) is 0 Å². The number of carbonyl (C=O) groups is 1. The van der Waals surface area contributed by atoms with E-state index in [0.29, 0.717) is 0 Å². The Labute approximate surface area is 105 Å². The first kappa shape index (κ1) is 14.2. The van der Waals surface area contributed by atoms with Crippen LogP contribution < -0.4 is 5.32 Å². The van der Waals surface area contributed by atoms with E-state index in [1.807, 2.05) is 18.9 Å². The number of nitrogens with one attached hydrogen (secondary N) is 1. The summed E-state index contributed by atoms with van der Waals surface area (Å²) in [4.78, 5) is 14.1. The molecular formula is C14H26N2O. The molecule has 0 aromatic carbocycles. The molecule has 1 atom stereocenters. The van der Waals surface area contributed by atoms with Gasteiger partial charge in [0.15, 0.2) is 0 Å². The van der Waals surface area contributed by atoms with Crippen LogP contribution in [-0.2, 0) is 4.79 Å². The average Bonchev–Trinajstić information content (AvgIpc) is 2.39. The molecule has 3 nitrogen and oxygen atoms in total. The van der Waals surface area contributed by atoms with Crippen molar-refractivity contribution in [3.05, 3.63) is 12.3 Å². The van der Waals surface area contributed by atoms with Crippen molar-refractivity contribution < 1.29 is 4.79 Å². The van der Waals surface area contributed by atoms with Gasteiger partial charge in [-0.3, -0.25) is 4.79 Å². The highest BCUT2D eigenvalue weighted by atomic mass is 16.2. The lowest BCUT2D eigenvalue weighted by molar-refractivity contribution is -0.134. The lowest BCUT2D eigenvalue weighted by Crippen LogP contribution is -2.51. The zero-order valence-corrected chi connectivity index (χ0v) is 12.1. The average molecular weight is 238 g/mol. The van der Waals surface area contributed by atoms with E-state index >= 15 is 0 Å². The van der Waals surface area contributed by atoms with E-state index in [-0.39, 0.29) is 22.9 Å². The lowest BCUT2D eigenvalue weighted by Gasteiger charge is -2.42. The minimum Gasteiger partial charge on any atom is -0.315 e. The third-order valence-corrected chi connectivity index (χ3v) is 3.66. The molecule has 17 heavy (non-hydrogen) atoms. The molecule has 0 bridgehead atoms. The molecule has 0 radical (unpaired) electrons.